The Kier molecular flexibility index (Phi) is 7.42. The third-order valence-corrected chi connectivity index (χ3v) is 10.8. The first-order chi connectivity index (χ1) is 27.8. The number of hydrogen-bond donors (Lipinski definition) is 0. The molecule has 262 valence electrons. The number of aromatic nitrogens is 5. The van der Waals surface area contributed by atoms with Gasteiger partial charge in [0.15, 0.2) is 17.5 Å². The summed E-state index contributed by atoms with van der Waals surface area (Å²) in [6, 6.07) is 70.3. The van der Waals surface area contributed by atoms with Crippen LogP contribution in [0.25, 0.3) is 100 Å². The van der Waals surface area contributed by atoms with Gasteiger partial charge in [-0.15, -0.1) is 0 Å². The Morgan fingerprint density at radius 1 is 0.321 bits per heavy atom. The van der Waals surface area contributed by atoms with Gasteiger partial charge >= 0.3 is 0 Å². The molecule has 0 unspecified atom stereocenters. The Morgan fingerprint density at radius 2 is 0.714 bits per heavy atom. The predicted octanol–water partition coefficient (Wildman–Crippen LogP) is 12.7. The molecule has 3 heterocycles. The van der Waals surface area contributed by atoms with Gasteiger partial charge in [0.05, 0.1) is 33.3 Å². The normalized spacial score (nSPS) is 11.6. The van der Waals surface area contributed by atoms with Crippen LogP contribution >= 0.6 is 0 Å². The van der Waals surface area contributed by atoms with E-state index in [-0.39, 0.29) is 0 Å². The number of nitrogens with zero attached hydrogens (tertiary/aromatic N) is 5. The van der Waals surface area contributed by atoms with Crippen molar-refractivity contribution in [2.24, 2.45) is 0 Å². The summed E-state index contributed by atoms with van der Waals surface area (Å²) >= 11 is 0. The summed E-state index contributed by atoms with van der Waals surface area (Å²) in [5.41, 5.74) is 11.4. The molecule has 5 heteroatoms. The topological polar surface area (TPSA) is 48.5 Å². The molecule has 0 fully saturated rings. The van der Waals surface area contributed by atoms with Crippen LogP contribution in [0.2, 0.25) is 0 Å². The van der Waals surface area contributed by atoms with Crippen molar-refractivity contribution in [2.75, 3.05) is 0 Å². The van der Waals surface area contributed by atoms with Crippen LogP contribution in [0.1, 0.15) is 0 Å². The zero-order valence-corrected chi connectivity index (χ0v) is 30.3. The summed E-state index contributed by atoms with van der Waals surface area (Å²) in [4.78, 5) is 16.0. The van der Waals surface area contributed by atoms with E-state index in [2.05, 4.69) is 173 Å². The Labute approximate surface area is 323 Å². The van der Waals surface area contributed by atoms with Crippen molar-refractivity contribution in [1.29, 1.82) is 0 Å². The second-order valence-corrected chi connectivity index (χ2v) is 14.0. The fourth-order valence-electron chi connectivity index (χ4n) is 8.33. The van der Waals surface area contributed by atoms with Crippen LogP contribution in [0.3, 0.4) is 0 Å². The highest BCUT2D eigenvalue weighted by molar-refractivity contribution is 6.19. The quantitative estimate of drug-likeness (QED) is 0.172. The molecule has 0 spiro atoms. The number of para-hydroxylation sites is 4. The van der Waals surface area contributed by atoms with E-state index in [4.69, 9.17) is 15.0 Å². The molecule has 8 aromatic carbocycles. The Hall–Kier alpha value is -7.63. The van der Waals surface area contributed by atoms with Gasteiger partial charge in [0.25, 0.3) is 0 Å². The second-order valence-electron chi connectivity index (χ2n) is 14.0. The van der Waals surface area contributed by atoms with Gasteiger partial charge < -0.3 is 9.13 Å². The first-order valence-electron chi connectivity index (χ1n) is 18.9. The van der Waals surface area contributed by atoms with Crippen LogP contribution in [0.15, 0.2) is 200 Å². The van der Waals surface area contributed by atoms with Crippen LogP contribution in [0, 0.1) is 0 Å². The summed E-state index contributed by atoms with van der Waals surface area (Å²) in [7, 11) is 0. The van der Waals surface area contributed by atoms with Gasteiger partial charge in [-0.3, -0.25) is 0 Å². The van der Waals surface area contributed by atoms with Gasteiger partial charge in [-0.2, -0.15) is 0 Å². The number of hydrogen-bond acceptors (Lipinski definition) is 3. The van der Waals surface area contributed by atoms with Crippen molar-refractivity contribution in [2.45, 2.75) is 0 Å². The van der Waals surface area contributed by atoms with Gasteiger partial charge in [-0.25, -0.2) is 15.0 Å². The monoisotopic (exact) mass is 715 g/mol. The molecular formula is C51H33N5. The molecule has 0 N–H and O–H groups in total. The molecule has 0 saturated carbocycles. The van der Waals surface area contributed by atoms with Crippen LogP contribution in [-0.2, 0) is 0 Å². The lowest BCUT2D eigenvalue weighted by Gasteiger charge is -2.21. The van der Waals surface area contributed by atoms with Gasteiger partial charge in [-0.1, -0.05) is 164 Å². The maximum Gasteiger partial charge on any atom is 0.166 e. The van der Waals surface area contributed by atoms with Crippen molar-refractivity contribution >= 4 is 43.6 Å². The fourth-order valence-corrected chi connectivity index (χ4v) is 8.33. The first-order valence-corrected chi connectivity index (χ1v) is 18.9. The molecule has 0 aliphatic carbocycles. The zero-order chi connectivity index (χ0) is 37.0. The van der Waals surface area contributed by atoms with Crippen LogP contribution in [0.4, 0.5) is 0 Å². The van der Waals surface area contributed by atoms with E-state index in [1.165, 1.54) is 16.2 Å². The molecule has 0 aliphatic rings. The molecule has 0 atom stereocenters. The lowest BCUT2D eigenvalue weighted by Crippen LogP contribution is -2.07. The fraction of sp³-hybridized carbons (Fsp3) is 0. The van der Waals surface area contributed by atoms with Crippen molar-refractivity contribution in [3.8, 4) is 56.7 Å². The molecule has 0 saturated heterocycles. The summed E-state index contributed by atoms with van der Waals surface area (Å²) in [6.07, 6.45) is 0. The first kappa shape index (κ1) is 31.9. The van der Waals surface area contributed by atoms with E-state index >= 15 is 0 Å². The lowest BCUT2D eigenvalue weighted by molar-refractivity contribution is 1.06. The number of rotatable bonds is 6. The van der Waals surface area contributed by atoms with Crippen LogP contribution in [-0.4, -0.2) is 24.1 Å². The van der Waals surface area contributed by atoms with E-state index in [9.17, 15) is 0 Å². The summed E-state index contributed by atoms with van der Waals surface area (Å²) in [5, 5.41) is 4.67. The van der Waals surface area contributed by atoms with Crippen molar-refractivity contribution < 1.29 is 0 Å². The Bertz CT molecular complexity index is 3110. The summed E-state index contributed by atoms with van der Waals surface area (Å²) in [6.45, 7) is 0. The van der Waals surface area contributed by atoms with Crippen molar-refractivity contribution in [1.82, 2.24) is 24.1 Å². The summed E-state index contributed by atoms with van der Waals surface area (Å²) < 4.78 is 4.86. The van der Waals surface area contributed by atoms with E-state index in [1.54, 1.807) is 0 Å². The lowest BCUT2D eigenvalue weighted by atomic mass is 9.94. The smallest absolute Gasteiger partial charge is 0.166 e. The van der Waals surface area contributed by atoms with Crippen LogP contribution < -0.4 is 0 Å². The summed E-state index contributed by atoms with van der Waals surface area (Å²) in [5.74, 6) is 1.83. The SMILES string of the molecule is c1ccc(-c2nc(-c3ccccc3)nc(-c3c(-c4ccccc4)cc4c5ccccc5n(-c5ccccc5)c4c3-n3c4ccccc4c4ccccc43)n2)cc1. The maximum absolute atomic E-state index is 5.43. The minimum Gasteiger partial charge on any atom is -0.307 e. The maximum atomic E-state index is 5.43. The van der Waals surface area contributed by atoms with Crippen LogP contribution in [0.5, 0.6) is 0 Å². The molecule has 11 aromatic rings. The van der Waals surface area contributed by atoms with E-state index in [0.29, 0.717) is 17.5 Å². The molecule has 0 radical (unpaired) electrons. The van der Waals surface area contributed by atoms with Crippen molar-refractivity contribution in [3.63, 3.8) is 0 Å². The van der Waals surface area contributed by atoms with Gasteiger partial charge in [-0.05, 0) is 47.5 Å². The minimum absolute atomic E-state index is 0.597. The zero-order valence-electron chi connectivity index (χ0n) is 30.3. The van der Waals surface area contributed by atoms with E-state index < -0.39 is 0 Å². The highest BCUT2D eigenvalue weighted by Gasteiger charge is 2.28. The highest BCUT2D eigenvalue weighted by atomic mass is 15.1. The average Bonchev–Trinajstić information content (AvgIpc) is 3.80. The molecule has 56 heavy (non-hydrogen) atoms. The largest absolute Gasteiger partial charge is 0.307 e. The molecular weight excluding hydrogens is 683 g/mol. The molecule has 3 aromatic heterocycles. The van der Waals surface area contributed by atoms with E-state index in [0.717, 1.165) is 66.6 Å². The molecule has 0 bridgehead atoms. The highest BCUT2D eigenvalue weighted by Crippen LogP contribution is 2.48. The van der Waals surface area contributed by atoms with Crippen molar-refractivity contribution in [3.05, 3.63) is 200 Å². The molecule has 0 aliphatic heterocycles. The Balaban J connectivity index is 1.41. The second kappa shape index (κ2) is 13.0. The Morgan fingerprint density at radius 3 is 1.23 bits per heavy atom. The molecule has 0 amide bonds. The molecule has 5 nitrogen and oxygen atoms in total. The third kappa shape index (κ3) is 5.06. The third-order valence-electron chi connectivity index (χ3n) is 10.8. The van der Waals surface area contributed by atoms with Gasteiger partial charge in [0.2, 0.25) is 0 Å². The minimum atomic E-state index is 0.597. The van der Waals surface area contributed by atoms with Gasteiger partial charge in [0.1, 0.15) is 0 Å². The standard InChI is InChI=1S/C51H33N5/c1-5-19-34(20-6-1)41-33-42-40-29-15-16-30-43(40)55(37-25-11-4-12-26-37)47(42)48(56-44-31-17-13-27-38(44)39-28-14-18-32-45(39)56)46(41)51-53-49(35-21-7-2-8-22-35)52-50(54-51)36-23-9-3-10-24-36/h1-33H. The average molecular weight is 716 g/mol. The molecule has 11 rings (SSSR count). The predicted molar refractivity (Wildman–Crippen MR) is 230 cm³/mol. The van der Waals surface area contributed by atoms with E-state index in [1.807, 2.05) is 36.4 Å². The number of benzene rings is 8. The number of fused-ring (bicyclic) bond motifs is 6. The van der Waals surface area contributed by atoms with Gasteiger partial charge in [0, 0.05) is 38.4 Å².